The molecule has 0 radical (unpaired) electrons. The maximum atomic E-state index is 5.93. The van der Waals surface area contributed by atoms with Crippen LogP contribution in [0.15, 0.2) is 18.2 Å². The molecule has 3 heteroatoms. The van der Waals surface area contributed by atoms with Gasteiger partial charge in [0.15, 0.2) is 0 Å². The lowest BCUT2D eigenvalue weighted by Crippen LogP contribution is -2.26. The van der Waals surface area contributed by atoms with Crippen LogP contribution in [0.3, 0.4) is 0 Å². The smallest absolute Gasteiger partial charge is 0.119 e. The molecule has 1 unspecified atom stereocenters. The third-order valence-corrected chi connectivity index (χ3v) is 4.41. The van der Waals surface area contributed by atoms with Crippen molar-refractivity contribution in [2.75, 3.05) is 20.3 Å². The third-order valence-electron chi connectivity index (χ3n) is 4.41. The predicted molar refractivity (Wildman–Crippen MR) is 87.0 cm³/mol. The lowest BCUT2D eigenvalue weighted by Gasteiger charge is -2.27. The van der Waals surface area contributed by atoms with E-state index >= 15 is 0 Å². The van der Waals surface area contributed by atoms with Crippen molar-refractivity contribution in [1.29, 1.82) is 0 Å². The second-order valence-electron chi connectivity index (χ2n) is 6.43. The fraction of sp³-hybridized carbons (Fsp3) is 0.667. The topological polar surface area (TPSA) is 30.5 Å². The zero-order chi connectivity index (χ0) is 15.3. The van der Waals surface area contributed by atoms with E-state index in [0.717, 1.165) is 18.7 Å². The summed E-state index contributed by atoms with van der Waals surface area (Å²) in [5.41, 5.74) is 2.77. The molecule has 1 aromatic carbocycles. The molecule has 0 saturated heterocycles. The average molecular weight is 291 g/mol. The molecule has 118 valence electrons. The van der Waals surface area contributed by atoms with Gasteiger partial charge in [-0.15, -0.1) is 0 Å². The van der Waals surface area contributed by atoms with Crippen molar-refractivity contribution in [2.45, 2.75) is 58.1 Å². The van der Waals surface area contributed by atoms with E-state index in [0.29, 0.717) is 12.6 Å². The summed E-state index contributed by atoms with van der Waals surface area (Å²) in [6, 6.07) is 7.04. The number of nitrogens with one attached hydrogen (secondary N) is 1. The molecular formula is C18H29NO2. The lowest BCUT2D eigenvalue weighted by molar-refractivity contribution is 0.00544. The second kappa shape index (κ2) is 7.28. The first kappa shape index (κ1) is 16.3. The van der Waals surface area contributed by atoms with E-state index in [9.17, 15) is 0 Å². The van der Waals surface area contributed by atoms with E-state index in [-0.39, 0.29) is 5.60 Å². The van der Waals surface area contributed by atoms with Crippen LogP contribution >= 0.6 is 0 Å². The van der Waals surface area contributed by atoms with E-state index in [1.165, 1.54) is 30.4 Å². The molecule has 0 spiro atoms. The minimum Gasteiger partial charge on any atom is -0.493 e. The van der Waals surface area contributed by atoms with E-state index in [4.69, 9.17) is 9.47 Å². The summed E-state index contributed by atoms with van der Waals surface area (Å²) in [5, 5.41) is 3.58. The molecular weight excluding hydrogens is 262 g/mol. The molecule has 0 aliphatic heterocycles. The Labute approximate surface area is 129 Å². The van der Waals surface area contributed by atoms with Crippen LogP contribution in [-0.4, -0.2) is 25.9 Å². The fourth-order valence-electron chi connectivity index (χ4n) is 2.84. The monoisotopic (exact) mass is 291 g/mol. The maximum Gasteiger partial charge on any atom is 0.119 e. The highest BCUT2D eigenvalue weighted by Crippen LogP contribution is 2.32. The van der Waals surface area contributed by atoms with Gasteiger partial charge < -0.3 is 14.8 Å². The zero-order valence-electron chi connectivity index (χ0n) is 13.9. The average Bonchev–Trinajstić information content (AvgIpc) is 2.48. The maximum absolute atomic E-state index is 5.93. The number of rotatable bonds is 7. The summed E-state index contributed by atoms with van der Waals surface area (Å²) < 4.78 is 11.4. The van der Waals surface area contributed by atoms with Crippen LogP contribution in [0.2, 0.25) is 0 Å². The largest absolute Gasteiger partial charge is 0.493 e. The summed E-state index contributed by atoms with van der Waals surface area (Å²) in [7, 11) is 1.75. The molecule has 0 bridgehead atoms. The van der Waals surface area contributed by atoms with Crippen molar-refractivity contribution in [3.63, 3.8) is 0 Å². The molecule has 1 atom stereocenters. The summed E-state index contributed by atoms with van der Waals surface area (Å²) in [5.74, 6) is 0.977. The standard InChI is InChI=1S/C18H29NO2/c1-5-19-17-8-6-7-14-9-10-15(13-16(14)17)21-12-11-18(2,3)20-4/h9-10,13,17,19H,5-8,11-12H2,1-4H3. The number of methoxy groups -OCH3 is 1. The van der Waals surface area contributed by atoms with Crippen molar-refractivity contribution in [3.05, 3.63) is 29.3 Å². The summed E-state index contributed by atoms with van der Waals surface area (Å²) in [6.07, 6.45) is 4.57. The highest BCUT2D eigenvalue weighted by molar-refractivity contribution is 5.39. The molecule has 1 aliphatic rings. The number of hydrogen-bond acceptors (Lipinski definition) is 3. The third kappa shape index (κ3) is 4.45. The van der Waals surface area contributed by atoms with E-state index in [2.05, 4.69) is 44.3 Å². The molecule has 1 aliphatic carbocycles. The van der Waals surface area contributed by atoms with Gasteiger partial charge in [-0.1, -0.05) is 13.0 Å². The summed E-state index contributed by atoms with van der Waals surface area (Å²) in [6.45, 7) is 8.04. The van der Waals surface area contributed by atoms with Crippen LogP contribution < -0.4 is 10.1 Å². The van der Waals surface area contributed by atoms with Crippen molar-refractivity contribution < 1.29 is 9.47 Å². The molecule has 0 heterocycles. The normalized spacial score (nSPS) is 18.4. The number of fused-ring (bicyclic) bond motifs is 1. The van der Waals surface area contributed by atoms with Gasteiger partial charge in [0.05, 0.1) is 12.2 Å². The Morgan fingerprint density at radius 2 is 2.14 bits per heavy atom. The van der Waals surface area contributed by atoms with Crippen LogP contribution in [0.25, 0.3) is 0 Å². The number of ether oxygens (including phenoxy) is 2. The Hall–Kier alpha value is -1.06. The van der Waals surface area contributed by atoms with Crippen molar-refractivity contribution in [3.8, 4) is 5.75 Å². The van der Waals surface area contributed by atoms with Gasteiger partial charge in [-0.05, 0) is 62.9 Å². The first-order valence-corrected chi connectivity index (χ1v) is 8.10. The molecule has 0 saturated carbocycles. The van der Waals surface area contributed by atoms with Crippen LogP contribution in [0.4, 0.5) is 0 Å². The first-order chi connectivity index (χ1) is 10.1. The van der Waals surface area contributed by atoms with Crippen LogP contribution in [-0.2, 0) is 11.2 Å². The first-order valence-electron chi connectivity index (χ1n) is 8.10. The van der Waals surface area contributed by atoms with Gasteiger partial charge in [-0.25, -0.2) is 0 Å². The molecule has 2 rings (SSSR count). The Bertz CT molecular complexity index is 457. The lowest BCUT2D eigenvalue weighted by atomic mass is 9.87. The molecule has 3 nitrogen and oxygen atoms in total. The number of benzene rings is 1. The molecule has 0 fully saturated rings. The van der Waals surface area contributed by atoms with Gasteiger partial charge in [-0.2, -0.15) is 0 Å². The number of aryl methyl sites for hydroxylation is 1. The Kier molecular flexibility index (Phi) is 5.65. The second-order valence-corrected chi connectivity index (χ2v) is 6.43. The van der Waals surface area contributed by atoms with Gasteiger partial charge in [0.25, 0.3) is 0 Å². The van der Waals surface area contributed by atoms with Crippen LogP contribution in [0, 0.1) is 0 Å². The Morgan fingerprint density at radius 1 is 1.33 bits per heavy atom. The van der Waals surface area contributed by atoms with Gasteiger partial charge >= 0.3 is 0 Å². The van der Waals surface area contributed by atoms with Crippen molar-refractivity contribution >= 4 is 0 Å². The van der Waals surface area contributed by atoms with Gasteiger partial charge in [-0.3, -0.25) is 0 Å². The summed E-state index contributed by atoms with van der Waals surface area (Å²) in [4.78, 5) is 0. The quantitative estimate of drug-likeness (QED) is 0.827. The van der Waals surface area contributed by atoms with Crippen LogP contribution in [0.5, 0.6) is 5.75 Å². The minimum atomic E-state index is -0.124. The van der Waals surface area contributed by atoms with Gasteiger partial charge in [0.1, 0.15) is 5.75 Å². The van der Waals surface area contributed by atoms with Crippen molar-refractivity contribution in [2.24, 2.45) is 0 Å². The summed E-state index contributed by atoms with van der Waals surface area (Å²) >= 11 is 0. The minimum absolute atomic E-state index is 0.124. The van der Waals surface area contributed by atoms with E-state index in [1.807, 2.05) is 0 Å². The molecule has 1 N–H and O–H groups in total. The molecule has 0 aromatic heterocycles. The van der Waals surface area contributed by atoms with E-state index < -0.39 is 0 Å². The molecule has 1 aromatic rings. The highest BCUT2D eigenvalue weighted by atomic mass is 16.5. The Morgan fingerprint density at radius 3 is 2.86 bits per heavy atom. The van der Waals surface area contributed by atoms with Crippen molar-refractivity contribution in [1.82, 2.24) is 5.32 Å². The van der Waals surface area contributed by atoms with Gasteiger partial charge in [0.2, 0.25) is 0 Å². The number of hydrogen-bond donors (Lipinski definition) is 1. The molecule has 0 amide bonds. The Balaban J connectivity index is 2.00. The highest BCUT2D eigenvalue weighted by Gasteiger charge is 2.20. The fourth-order valence-corrected chi connectivity index (χ4v) is 2.84. The zero-order valence-corrected chi connectivity index (χ0v) is 13.9. The van der Waals surface area contributed by atoms with E-state index in [1.54, 1.807) is 7.11 Å². The predicted octanol–water partition coefficient (Wildman–Crippen LogP) is 3.87. The molecule has 21 heavy (non-hydrogen) atoms. The SMILES string of the molecule is CCNC1CCCc2ccc(OCCC(C)(C)OC)cc21. The van der Waals surface area contributed by atoms with Crippen LogP contribution in [0.1, 0.15) is 57.2 Å². The van der Waals surface area contributed by atoms with Gasteiger partial charge in [0, 0.05) is 19.6 Å².